The molecule has 0 radical (unpaired) electrons. The molecule has 4 rings (SSSR count). The summed E-state index contributed by atoms with van der Waals surface area (Å²) in [5.41, 5.74) is 1.34. The molecule has 0 aliphatic heterocycles. The standard InChI is InChI=1S/C19H13BrN4O2S2.ClH/c1-26-18(25)11-4-2-5-13(8-11)27-15-9-12(20)10-22-16(15)24-19-23-14-6-3-7-21-17(14)28-19;/h2-10H,1H3,(H,22,23,24);1H. The summed E-state index contributed by atoms with van der Waals surface area (Å²) in [5, 5.41) is 4.00. The van der Waals surface area contributed by atoms with Crippen LogP contribution in [-0.4, -0.2) is 28.0 Å². The molecule has 0 amide bonds. The van der Waals surface area contributed by atoms with Crippen LogP contribution >= 0.6 is 51.4 Å². The Labute approximate surface area is 189 Å². The molecule has 0 aliphatic carbocycles. The van der Waals surface area contributed by atoms with Crippen LogP contribution in [0.4, 0.5) is 10.9 Å². The number of methoxy groups -OCH3 is 1. The molecule has 0 unspecified atom stereocenters. The highest BCUT2D eigenvalue weighted by atomic mass is 79.9. The topological polar surface area (TPSA) is 77.0 Å². The molecule has 0 bridgehead atoms. The lowest BCUT2D eigenvalue weighted by molar-refractivity contribution is 0.0600. The lowest BCUT2D eigenvalue weighted by Gasteiger charge is -2.10. The van der Waals surface area contributed by atoms with Gasteiger partial charge in [0.05, 0.1) is 17.6 Å². The van der Waals surface area contributed by atoms with E-state index in [0.29, 0.717) is 16.5 Å². The Bertz CT molecular complexity index is 1140. The minimum atomic E-state index is -0.366. The molecule has 4 aromatic rings. The van der Waals surface area contributed by atoms with Gasteiger partial charge in [0.25, 0.3) is 0 Å². The first-order chi connectivity index (χ1) is 13.6. The first kappa shape index (κ1) is 21.5. The van der Waals surface area contributed by atoms with Gasteiger partial charge in [-0.1, -0.05) is 29.2 Å². The first-order valence-electron chi connectivity index (χ1n) is 8.13. The van der Waals surface area contributed by atoms with Crippen LogP contribution < -0.4 is 5.32 Å². The maximum absolute atomic E-state index is 11.8. The van der Waals surface area contributed by atoms with Crippen molar-refractivity contribution < 1.29 is 9.53 Å². The molecule has 29 heavy (non-hydrogen) atoms. The molecule has 3 aromatic heterocycles. The van der Waals surface area contributed by atoms with Gasteiger partial charge in [0.15, 0.2) is 5.13 Å². The Hall–Kier alpha value is -2.20. The van der Waals surface area contributed by atoms with E-state index in [9.17, 15) is 4.79 Å². The first-order valence-corrected chi connectivity index (χ1v) is 10.6. The molecule has 0 aliphatic rings. The lowest BCUT2D eigenvalue weighted by Crippen LogP contribution is -2.00. The third-order valence-corrected chi connectivity index (χ3v) is 6.04. The fourth-order valence-corrected chi connectivity index (χ4v) is 4.71. The van der Waals surface area contributed by atoms with E-state index in [4.69, 9.17) is 4.74 Å². The number of benzene rings is 1. The fourth-order valence-electron chi connectivity index (χ4n) is 2.45. The monoisotopic (exact) mass is 508 g/mol. The number of rotatable bonds is 5. The van der Waals surface area contributed by atoms with Gasteiger partial charge in [-0.3, -0.25) is 0 Å². The van der Waals surface area contributed by atoms with Crippen molar-refractivity contribution in [2.75, 3.05) is 12.4 Å². The molecular weight excluding hydrogens is 496 g/mol. The fraction of sp³-hybridized carbons (Fsp3) is 0.0526. The number of nitrogens with zero attached hydrogens (tertiary/aromatic N) is 3. The average Bonchev–Trinajstić information content (AvgIpc) is 3.12. The molecule has 0 spiro atoms. The second kappa shape index (κ2) is 9.53. The van der Waals surface area contributed by atoms with Crippen molar-refractivity contribution in [2.24, 2.45) is 0 Å². The zero-order chi connectivity index (χ0) is 19.5. The van der Waals surface area contributed by atoms with Gasteiger partial charge in [0.1, 0.15) is 16.2 Å². The average molecular weight is 510 g/mol. The molecule has 0 saturated heterocycles. The van der Waals surface area contributed by atoms with Crippen molar-refractivity contribution in [3.8, 4) is 0 Å². The number of pyridine rings is 2. The number of carbonyl (C=O) groups is 1. The Morgan fingerprint density at radius 1 is 1.21 bits per heavy atom. The largest absolute Gasteiger partial charge is 0.465 e. The van der Waals surface area contributed by atoms with Crippen LogP contribution in [0.15, 0.2) is 69.1 Å². The predicted molar refractivity (Wildman–Crippen MR) is 122 cm³/mol. The number of halogens is 2. The van der Waals surface area contributed by atoms with Crippen LogP contribution in [0.1, 0.15) is 10.4 Å². The van der Waals surface area contributed by atoms with Crippen LogP contribution in [-0.2, 0) is 4.74 Å². The number of thiazole rings is 1. The normalized spacial score (nSPS) is 10.4. The summed E-state index contributed by atoms with van der Waals surface area (Å²) >= 11 is 6.43. The molecule has 6 nitrogen and oxygen atoms in total. The molecule has 1 aromatic carbocycles. The van der Waals surface area contributed by atoms with Gasteiger partial charge in [-0.15, -0.1) is 12.4 Å². The van der Waals surface area contributed by atoms with Crippen molar-refractivity contribution in [3.05, 3.63) is 64.9 Å². The second-order valence-electron chi connectivity index (χ2n) is 5.59. The van der Waals surface area contributed by atoms with E-state index < -0.39 is 0 Å². The number of nitrogens with one attached hydrogen (secondary N) is 1. The summed E-state index contributed by atoms with van der Waals surface area (Å²) < 4.78 is 5.66. The molecule has 10 heteroatoms. The van der Waals surface area contributed by atoms with Gasteiger partial charge in [0.2, 0.25) is 0 Å². The van der Waals surface area contributed by atoms with Gasteiger partial charge < -0.3 is 10.1 Å². The second-order valence-corrected chi connectivity index (χ2v) is 8.60. The molecule has 1 N–H and O–H groups in total. The number of carbonyl (C=O) groups excluding carboxylic acids is 1. The SMILES string of the molecule is COC(=O)c1cccc(Sc2cc(Br)cnc2Nc2nc3cccnc3s2)c1.Cl. The number of esters is 1. The van der Waals surface area contributed by atoms with Gasteiger partial charge in [-0.2, -0.15) is 0 Å². The maximum atomic E-state index is 11.8. The Morgan fingerprint density at radius 2 is 2.07 bits per heavy atom. The van der Waals surface area contributed by atoms with Crippen molar-refractivity contribution in [1.29, 1.82) is 0 Å². The minimum absolute atomic E-state index is 0. The maximum Gasteiger partial charge on any atom is 0.337 e. The summed E-state index contributed by atoms with van der Waals surface area (Å²) in [4.78, 5) is 27.8. The number of ether oxygens (including phenoxy) is 1. The van der Waals surface area contributed by atoms with E-state index >= 15 is 0 Å². The minimum Gasteiger partial charge on any atom is -0.465 e. The smallest absolute Gasteiger partial charge is 0.337 e. The Kier molecular flexibility index (Phi) is 7.07. The van der Waals surface area contributed by atoms with E-state index in [0.717, 1.165) is 24.6 Å². The third-order valence-electron chi connectivity index (χ3n) is 3.69. The van der Waals surface area contributed by atoms with Gasteiger partial charge in [0, 0.05) is 21.8 Å². The van der Waals surface area contributed by atoms with Crippen LogP contribution in [0.2, 0.25) is 0 Å². The highest BCUT2D eigenvalue weighted by molar-refractivity contribution is 9.10. The Balaban J connectivity index is 0.00000240. The van der Waals surface area contributed by atoms with Crippen LogP contribution in [0.5, 0.6) is 0 Å². The van der Waals surface area contributed by atoms with Crippen molar-refractivity contribution >= 4 is 78.7 Å². The summed E-state index contributed by atoms with van der Waals surface area (Å²) in [6.45, 7) is 0. The van der Waals surface area contributed by atoms with E-state index in [-0.39, 0.29) is 18.4 Å². The zero-order valence-corrected chi connectivity index (χ0v) is 19.0. The highest BCUT2D eigenvalue weighted by Crippen LogP contribution is 2.36. The number of aromatic nitrogens is 3. The predicted octanol–water partition coefficient (Wildman–Crippen LogP) is 5.95. The number of hydrogen-bond acceptors (Lipinski definition) is 8. The van der Waals surface area contributed by atoms with E-state index in [2.05, 4.69) is 36.2 Å². The Morgan fingerprint density at radius 3 is 2.86 bits per heavy atom. The van der Waals surface area contributed by atoms with Crippen LogP contribution in [0.3, 0.4) is 0 Å². The van der Waals surface area contributed by atoms with E-state index in [1.165, 1.54) is 30.2 Å². The molecule has 148 valence electrons. The third kappa shape index (κ3) is 5.05. The van der Waals surface area contributed by atoms with Gasteiger partial charge in [-0.05, 0) is 52.3 Å². The molecule has 0 atom stereocenters. The van der Waals surface area contributed by atoms with Crippen molar-refractivity contribution in [2.45, 2.75) is 9.79 Å². The lowest BCUT2D eigenvalue weighted by atomic mass is 10.2. The van der Waals surface area contributed by atoms with Crippen LogP contribution in [0, 0.1) is 0 Å². The van der Waals surface area contributed by atoms with Gasteiger partial charge in [-0.25, -0.2) is 19.7 Å². The summed E-state index contributed by atoms with van der Waals surface area (Å²) in [5.74, 6) is 0.311. The quantitative estimate of drug-likeness (QED) is 0.333. The summed E-state index contributed by atoms with van der Waals surface area (Å²) in [6, 6.07) is 13.0. The number of anilines is 2. The summed E-state index contributed by atoms with van der Waals surface area (Å²) in [6.07, 6.45) is 3.47. The molecule has 0 fully saturated rings. The summed E-state index contributed by atoms with van der Waals surface area (Å²) in [7, 11) is 1.37. The van der Waals surface area contributed by atoms with E-state index in [1.807, 2.05) is 30.3 Å². The zero-order valence-electron chi connectivity index (χ0n) is 15.0. The van der Waals surface area contributed by atoms with Crippen molar-refractivity contribution in [1.82, 2.24) is 15.0 Å². The number of fused-ring (bicyclic) bond motifs is 1. The van der Waals surface area contributed by atoms with Crippen LogP contribution in [0.25, 0.3) is 10.3 Å². The van der Waals surface area contributed by atoms with E-state index in [1.54, 1.807) is 24.5 Å². The van der Waals surface area contributed by atoms with Crippen molar-refractivity contribution in [3.63, 3.8) is 0 Å². The van der Waals surface area contributed by atoms with Gasteiger partial charge >= 0.3 is 5.97 Å². The molecule has 3 heterocycles. The number of hydrogen-bond donors (Lipinski definition) is 1. The highest BCUT2D eigenvalue weighted by Gasteiger charge is 2.12. The molecular formula is C19H14BrClN4O2S2. The molecule has 0 saturated carbocycles.